The number of furan rings is 1. The molecular weight excluding hydrogens is 409 g/mol. The molecule has 166 valence electrons. The highest BCUT2D eigenvalue weighted by molar-refractivity contribution is 6.13. The second kappa shape index (κ2) is 7.94. The number of fused-ring (bicyclic) bond motifs is 2. The first-order chi connectivity index (χ1) is 15.4. The van der Waals surface area contributed by atoms with Gasteiger partial charge in [0.1, 0.15) is 11.3 Å². The quantitative estimate of drug-likeness (QED) is 0.501. The fourth-order valence-electron chi connectivity index (χ4n) is 4.45. The van der Waals surface area contributed by atoms with Crippen LogP contribution in [0.4, 0.5) is 15.8 Å². The molecule has 1 saturated heterocycles. The number of aromatic nitrogens is 2. The molecule has 1 fully saturated rings. The molecule has 5 rings (SSSR count). The molecule has 2 N–H and O–H groups in total. The van der Waals surface area contributed by atoms with Crippen LogP contribution in [-0.2, 0) is 0 Å². The Morgan fingerprint density at radius 3 is 2.97 bits per heavy atom. The summed E-state index contributed by atoms with van der Waals surface area (Å²) in [4.78, 5) is 19.6. The van der Waals surface area contributed by atoms with Crippen molar-refractivity contribution in [3.63, 3.8) is 0 Å². The third-order valence-corrected chi connectivity index (χ3v) is 6.00. The molecule has 0 spiro atoms. The summed E-state index contributed by atoms with van der Waals surface area (Å²) in [5.41, 5.74) is 3.32. The Morgan fingerprint density at radius 2 is 2.16 bits per heavy atom. The average molecular weight is 436 g/mol. The van der Waals surface area contributed by atoms with Crippen LogP contribution in [0.15, 0.2) is 41.1 Å². The number of pyridine rings is 1. The standard InChI is InChI=1S/C24H26FN5O2/c1-4-16-12-29(8-7-26-16)21-6-5-18(22-19(21)9-15(3)32-22)24(31)28-17-10-20(25)23-27-14(2)11-30(23)13-17/h5-6,9-11,13,16,26H,4,7-8,12H2,1-3H3,(H,28,31). The van der Waals surface area contributed by atoms with Gasteiger partial charge < -0.3 is 24.4 Å². The molecule has 0 saturated carbocycles. The van der Waals surface area contributed by atoms with Crippen molar-refractivity contribution in [3.05, 3.63) is 59.5 Å². The van der Waals surface area contributed by atoms with Crippen LogP contribution in [0.1, 0.15) is 35.2 Å². The fourth-order valence-corrected chi connectivity index (χ4v) is 4.45. The summed E-state index contributed by atoms with van der Waals surface area (Å²) < 4.78 is 21.9. The minimum Gasteiger partial charge on any atom is -0.460 e. The zero-order valence-corrected chi connectivity index (χ0v) is 18.4. The summed E-state index contributed by atoms with van der Waals surface area (Å²) in [7, 11) is 0. The number of carbonyl (C=O) groups is 1. The number of carbonyl (C=O) groups excluding carboxylic acids is 1. The molecule has 1 amide bonds. The van der Waals surface area contributed by atoms with Crippen molar-refractivity contribution in [2.24, 2.45) is 0 Å². The predicted octanol–water partition coefficient (Wildman–Crippen LogP) is 4.28. The molecule has 0 aliphatic carbocycles. The van der Waals surface area contributed by atoms with Crippen molar-refractivity contribution >= 4 is 33.9 Å². The van der Waals surface area contributed by atoms with Gasteiger partial charge in [-0.05, 0) is 38.5 Å². The maximum atomic E-state index is 14.4. The molecule has 0 radical (unpaired) electrons. The molecule has 1 aromatic carbocycles. The minimum absolute atomic E-state index is 0.232. The Hall–Kier alpha value is -3.39. The van der Waals surface area contributed by atoms with E-state index in [1.807, 2.05) is 19.1 Å². The first kappa shape index (κ1) is 20.5. The Morgan fingerprint density at radius 1 is 1.31 bits per heavy atom. The lowest BCUT2D eigenvalue weighted by molar-refractivity contribution is 0.102. The number of benzene rings is 1. The van der Waals surface area contributed by atoms with Crippen molar-refractivity contribution in [3.8, 4) is 0 Å². The lowest BCUT2D eigenvalue weighted by Gasteiger charge is -2.35. The van der Waals surface area contributed by atoms with Gasteiger partial charge in [0, 0.05) is 55.2 Å². The molecule has 1 unspecified atom stereocenters. The van der Waals surface area contributed by atoms with E-state index in [1.165, 1.54) is 6.07 Å². The number of hydrogen-bond donors (Lipinski definition) is 2. The van der Waals surface area contributed by atoms with Crippen LogP contribution in [0.25, 0.3) is 16.6 Å². The van der Waals surface area contributed by atoms with E-state index in [-0.39, 0.29) is 11.6 Å². The third kappa shape index (κ3) is 3.60. The largest absolute Gasteiger partial charge is 0.460 e. The number of anilines is 2. The molecule has 1 aliphatic heterocycles. The Labute approximate surface area is 185 Å². The van der Waals surface area contributed by atoms with Crippen molar-refractivity contribution in [2.45, 2.75) is 33.2 Å². The van der Waals surface area contributed by atoms with Crippen LogP contribution < -0.4 is 15.5 Å². The van der Waals surface area contributed by atoms with Crippen LogP contribution in [0.3, 0.4) is 0 Å². The van der Waals surface area contributed by atoms with Crippen LogP contribution in [0.2, 0.25) is 0 Å². The van der Waals surface area contributed by atoms with Crippen LogP contribution >= 0.6 is 0 Å². The summed E-state index contributed by atoms with van der Waals surface area (Å²) >= 11 is 0. The number of amides is 1. The van der Waals surface area contributed by atoms with Crippen LogP contribution in [-0.4, -0.2) is 41.0 Å². The second-order valence-electron chi connectivity index (χ2n) is 8.38. The molecular formula is C24H26FN5O2. The van der Waals surface area contributed by atoms with Gasteiger partial charge in [-0.15, -0.1) is 0 Å². The first-order valence-corrected chi connectivity index (χ1v) is 10.9. The molecule has 1 atom stereocenters. The lowest BCUT2D eigenvalue weighted by Crippen LogP contribution is -2.50. The van der Waals surface area contributed by atoms with E-state index < -0.39 is 5.82 Å². The van der Waals surface area contributed by atoms with Gasteiger partial charge in [-0.25, -0.2) is 9.37 Å². The molecule has 32 heavy (non-hydrogen) atoms. The molecule has 4 aromatic rings. The Bertz CT molecular complexity index is 1330. The zero-order chi connectivity index (χ0) is 22.4. The topological polar surface area (TPSA) is 74.8 Å². The van der Waals surface area contributed by atoms with E-state index in [4.69, 9.17) is 4.42 Å². The molecule has 3 aromatic heterocycles. The summed E-state index contributed by atoms with van der Waals surface area (Å²) in [5, 5.41) is 7.25. The average Bonchev–Trinajstić information content (AvgIpc) is 3.34. The van der Waals surface area contributed by atoms with Crippen LogP contribution in [0, 0.1) is 19.7 Å². The number of nitrogens with zero attached hydrogens (tertiary/aromatic N) is 3. The smallest absolute Gasteiger partial charge is 0.259 e. The number of halogens is 1. The monoisotopic (exact) mass is 435 g/mol. The highest BCUT2D eigenvalue weighted by atomic mass is 19.1. The molecule has 1 aliphatic rings. The van der Waals surface area contributed by atoms with E-state index in [1.54, 1.807) is 29.8 Å². The number of rotatable bonds is 4. The summed E-state index contributed by atoms with van der Waals surface area (Å²) in [6.07, 6.45) is 4.43. The summed E-state index contributed by atoms with van der Waals surface area (Å²) in [6, 6.07) is 7.46. The second-order valence-corrected chi connectivity index (χ2v) is 8.38. The number of piperazine rings is 1. The highest BCUT2D eigenvalue weighted by Crippen LogP contribution is 2.33. The van der Waals surface area contributed by atoms with Gasteiger partial charge in [0.2, 0.25) is 0 Å². The van der Waals surface area contributed by atoms with E-state index in [0.29, 0.717) is 28.6 Å². The van der Waals surface area contributed by atoms with E-state index in [2.05, 4.69) is 27.4 Å². The normalized spacial score (nSPS) is 16.8. The molecule has 7 nitrogen and oxygen atoms in total. The highest BCUT2D eigenvalue weighted by Gasteiger charge is 2.23. The first-order valence-electron chi connectivity index (χ1n) is 10.9. The van der Waals surface area contributed by atoms with Gasteiger partial charge in [0.15, 0.2) is 11.5 Å². The van der Waals surface area contributed by atoms with E-state index >= 15 is 0 Å². The van der Waals surface area contributed by atoms with Crippen molar-refractivity contribution in [1.82, 2.24) is 14.7 Å². The summed E-state index contributed by atoms with van der Waals surface area (Å²) in [5.74, 6) is -0.0994. The van der Waals surface area contributed by atoms with Crippen molar-refractivity contribution in [2.75, 3.05) is 29.9 Å². The fraction of sp³-hybridized carbons (Fsp3) is 0.333. The van der Waals surface area contributed by atoms with Gasteiger partial charge in [-0.1, -0.05) is 6.92 Å². The number of imidazole rings is 1. The van der Waals surface area contributed by atoms with Gasteiger partial charge in [0.05, 0.1) is 16.9 Å². The van der Waals surface area contributed by atoms with Gasteiger partial charge >= 0.3 is 0 Å². The number of aryl methyl sites for hydroxylation is 2. The van der Waals surface area contributed by atoms with Crippen molar-refractivity contribution < 1.29 is 13.6 Å². The van der Waals surface area contributed by atoms with E-state index in [0.717, 1.165) is 42.9 Å². The van der Waals surface area contributed by atoms with Gasteiger partial charge in [-0.3, -0.25) is 4.79 Å². The zero-order valence-electron chi connectivity index (χ0n) is 18.4. The van der Waals surface area contributed by atoms with E-state index in [9.17, 15) is 9.18 Å². The maximum absolute atomic E-state index is 14.4. The summed E-state index contributed by atoms with van der Waals surface area (Å²) in [6.45, 7) is 8.57. The Balaban J connectivity index is 1.49. The van der Waals surface area contributed by atoms with Crippen molar-refractivity contribution in [1.29, 1.82) is 0 Å². The molecule has 4 heterocycles. The number of hydrogen-bond acceptors (Lipinski definition) is 5. The van der Waals surface area contributed by atoms with Gasteiger partial charge in [-0.2, -0.15) is 0 Å². The van der Waals surface area contributed by atoms with Crippen LogP contribution in [0.5, 0.6) is 0 Å². The Kier molecular flexibility index (Phi) is 5.09. The van der Waals surface area contributed by atoms with Gasteiger partial charge in [0.25, 0.3) is 5.91 Å². The SMILES string of the molecule is CCC1CN(c2ccc(C(=O)Nc3cc(F)c4nc(C)cn4c3)c3oc(C)cc23)CCN1. The third-order valence-electron chi connectivity index (χ3n) is 6.00. The minimum atomic E-state index is -0.491. The lowest BCUT2D eigenvalue weighted by atomic mass is 10.1. The molecule has 8 heteroatoms. The predicted molar refractivity (Wildman–Crippen MR) is 123 cm³/mol. The molecule has 0 bridgehead atoms. The maximum Gasteiger partial charge on any atom is 0.259 e. The number of nitrogens with one attached hydrogen (secondary N) is 2.